The smallest absolute Gasteiger partial charge is 0.344 e. The lowest BCUT2D eigenvalue weighted by Gasteiger charge is -2.36. The molecule has 0 aromatic heterocycles. The van der Waals surface area contributed by atoms with Crippen LogP contribution in [0, 0.1) is 0 Å². The molecule has 0 unspecified atom stereocenters. The molecule has 0 fully saturated rings. The Balaban J connectivity index is 3.10. The zero-order valence-electron chi connectivity index (χ0n) is 16.2. The summed E-state index contributed by atoms with van der Waals surface area (Å²) in [4.78, 5) is 11.6. The summed E-state index contributed by atoms with van der Waals surface area (Å²) in [6, 6.07) is 7.19. The second-order valence-electron chi connectivity index (χ2n) is 7.00. The summed E-state index contributed by atoms with van der Waals surface area (Å²) < 4.78 is 17.2. The van der Waals surface area contributed by atoms with Crippen LogP contribution in [0.25, 0.3) is 0 Å². The minimum atomic E-state index is -1.74. The summed E-state index contributed by atoms with van der Waals surface area (Å²) in [7, 11) is -1.74. The number of hydrogen-bond acceptors (Lipinski definition) is 4. The molecule has 0 atom stereocenters. The van der Waals surface area contributed by atoms with E-state index >= 15 is 0 Å². The van der Waals surface area contributed by atoms with Crippen LogP contribution in [0.3, 0.4) is 0 Å². The first-order valence-corrected chi connectivity index (χ1v) is 11.9. The average Bonchev–Trinajstić information content (AvgIpc) is 2.52. The third kappa shape index (κ3) is 5.95. The van der Waals surface area contributed by atoms with Gasteiger partial charge in [0.1, 0.15) is 5.75 Å². The molecule has 24 heavy (non-hydrogen) atoms. The molecular formula is C19H32O4Si. The highest BCUT2D eigenvalue weighted by Gasteiger charge is 2.33. The van der Waals surface area contributed by atoms with Crippen LogP contribution in [0.2, 0.25) is 19.1 Å². The molecule has 0 aliphatic heterocycles. The SMILES string of the molecule is CCOC(=O)COc1cc(CC)ccc1C(C)(C)O[Si](C)(C)CC. The topological polar surface area (TPSA) is 44.8 Å². The molecule has 0 aliphatic rings. The fourth-order valence-corrected chi connectivity index (χ4v) is 4.20. The van der Waals surface area contributed by atoms with Crippen molar-refractivity contribution in [2.45, 2.75) is 65.8 Å². The summed E-state index contributed by atoms with van der Waals surface area (Å²) in [5.41, 5.74) is 1.67. The van der Waals surface area contributed by atoms with Crippen LogP contribution >= 0.6 is 0 Å². The van der Waals surface area contributed by atoms with Gasteiger partial charge in [0, 0.05) is 5.56 Å². The molecule has 0 saturated carbocycles. The molecule has 0 aliphatic carbocycles. The summed E-state index contributed by atoms with van der Waals surface area (Å²) >= 11 is 0. The van der Waals surface area contributed by atoms with Crippen LogP contribution in [-0.2, 0) is 26.0 Å². The Kier molecular flexibility index (Phi) is 7.48. The predicted molar refractivity (Wildman–Crippen MR) is 100 cm³/mol. The van der Waals surface area contributed by atoms with Gasteiger partial charge in [-0.05, 0) is 58.0 Å². The van der Waals surface area contributed by atoms with Gasteiger partial charge in [-0.1, -0.05) is 26.0 Å². The van der Waals surface area contributed by atoms with Gasteiger partial charge in [0.05, 0.1) is 12.2 Å². The van der Waals surface area contributed by atoms with Gasteiger partial charge in [0.15, 0.2) is 14.9 Å². The van der Waals surface area contributed by atoms with Crippen LogP contribution < -0.4 is 4.74 Å². The van der Waals surface area contributed by atoms with Crippen LogP contribution in [0.1, 0.15) is 45.7 Å². The second kappa shape index (κ2) is 8.67. The highest BCUT2D eigenvalue weighted by Crippen LogP contribution is 2.36. The normalized spacial score (nSPS) is 12.1. The van der Waals surface area contributed by atoms with Gasteiger partial charge in [-0.2, -0.15) is 0 Å². The summed E-state index contributed by atoms with van der Waals surface area (Å²) in [6.07, 6.45) is 0.909. The minimum Gasteiger partial charge on any atom is -0.481 e. The Morgan fingerprint density at radius 2 is 1.83 bits per heavy atom. The van der Waals surface area contributed by atoms with Crippen molar-refractivity contribution in [1.82, 2.24) is 0 Å². The van der Waals surface area contributed by atoms with Crippen LogP contribution in [0.4, 0.5) is 0 Å². The number of esters is 1. The number of ether oxygens (including phenoxy) is 2. The van der Waals surface area contributed by atoms with Gasteiger partial charge in [-0.3, -0.25) is 0 Å². The molecule has 136 valence electrons. The molecule has 0 heterocycles. The quantitative estimate of drug-likeness (QED) is 0.479. The van der Waals surface area contributed by atoms with Crippen LogP contribution in [-0.4, -0.2) is 27.5 Å². The zero-order chi connectivity index (χ0) is 18.4. The summed E-state index contributed by atoms with van der Waals surface area (Å²) in [5.74, 6) is 0.348. The van der Waals surface area contributed by atoms with Crippen molar-refractivity contribution < 1.29 is 18.7 Å². The maximum Gasteiger partial charge on any atom is 0.344 e. The highest BCUT2D eigenvalue weighted by molar-refractivity contribution is 6.71. The van der Waals surface area contributed by atoms with Crippen molar-refractivity contribution in [1.29, 1.82) is 0 Å². The molecule has 5 heteroatoms. The Morgan fingerprint density at radius 3 is 2.38 bits per heavy atom. The van der Waals surface area contributed by atoms with Crippen LogP contribution in [0.15, 0.2) is 18.2 Å². The molecule has 0 spiro atoms. The minimum absolute atomic E-state index is 0.0846. The van der Waals surface area contributed by atoms with Gasteiger partial charge in [-0.15, -0.1) is 0 Å². The molecule has 0 radical (unpaired) electrons. The number of carbonyl (C=O) groups is 1. The van der Waals surface area contributed by atoms with E-state index in [4.69, 9.17) is 13.9 Å². The number of hydrogen-bond donors (Lipinski definition) is 0. The third-order valence-electron chi connectivity index (χ3n) is 4.14. The molecule has 0 bridgehead atoms. The number of aryl methyl sites for hydroxylation is 1. The molecular weight excluding hydrogens is 320 g/mol. The Labute approximate surface area is 147 Å². The van der Waals surface area contributed by atoms with Crippen molar-refractivity contribution in [3.05, 3.63) is 29.3 Å². The number of rotatable bonds is 9. The maximum absolute atomic E-state index is 11.6. The summed E-state index contributed by atoms with van der Waals surface area (Å²) in [5, 5.41) is 0. The van der Waals surface area contributed by atoms with Crippen molar-refractivity contribution in [2.24, 2.45) is 0 Å². The van der Waals surface area contributed by atoms with Gasteiger partial charge < -0.3 is 13.9 Å². The van der Waals surface area contributed by atoms with E-state index in [1.807, 2.05) is 6.07 Å². The Morgan fingerprint density at radius 1 is 1.17 bits per heavy atom. The molecule has 1 rings (SSSR count). The first kappa shape index (κ1) is 20.7. The van der Waals surface area contributed by atoms with Crippen molar-refractivity contribution >= 4 is 14.3 Å². The van der Waals surface area contributed by atoms with Crippen LogP contribution in [0.5, 0.6) is 5.75 Å². The van der Waals surface area contributed by atoms with Crippen molar-refractivity contribution in [3.63, 3.8) is 0 Å². The molecule has 1 aromatic carbocycles. The largest absolute Gasteiger partial charge is 0.481 e. The maximum atomic E-state index is 11.6. The van der Waals surface area contributed by atoms with E-state index in [0.29, 0.717) is 12.4 Å². The lowest BCUT2D eigenvalue weighted by Crippen LogP contribution is -2.39. The zero-order valence-corrected chi connectivity index (χ0v) is 17.2. The third-order valence-corrected chi connectivity index (χ3v) is 6.90. The predicted octanol–water partition coefficient (Wildman–Crippen LogP) is 4.67. The summed E-state index contributed by atoms with van der Waals surface area (Å²) in [6.45, 7) is 14.9. The highest BCUT2D eigenvalue weighted by atomic mass is 28.4. The fourth-order valence-electron chi connectivity index (χ4n) is 2.56. The Hall–Kier alpha value is -1.33. The average molecular weight is 353 g/mol. The van der Waals surface area contributed by atoms with E-state index in [1.165, 1.54) is 5.56 Å². The number of benzene rings is 1. The van der Waals surface area contributed by atoms with E-state index in [9.17, 15) is 4.79 Å². The monoisotopic (exact) mass is 352 g/mol. The Bertz CT molecular complexity index is 552. The first-order chi connectivity index (χ1) is 11.1. The van der Waals surface area contributed by atoms with E-state index < -0.39 is 13.9 Å². The first-order valence-electron chi connectivity index (χ1n) is 8.77. The second-order valence-corrected chi connectivity index (χ2v) is 11.4. The van der Waals surface area contributed by atoms with Gasteiger partial charge in [-0.25, -0.2) is 4.79 Å². The van der Waals surface area contributed by atoms with Crippen molar-refractivity contribution in [3.8, 4) is 5.75 Å². The molecule has 0 N–H and O–H groups in total. The molecule has 1 aromatic rings. The lowest BCUT2D eigenvalue weighted by molar-refractivity contribution is -0.145. The molecule has 0 amide bonds. The van der Waals surface area contributed by atoms with E-state index in [2.05, 4.69) is 52.9 Å². The van der Waals surface area contributed by atoms with Gasteiger partial charge in [0.25, 0.3) is 0 Å². The van der Waals surface area contributed by atoms with Gasteiger partial charge in [0.2, 0.25) is 0 Å². The van der Waals surface area contributed by atoms with E-state index in [-0.39, 0.29) is 12.6 Å². The molecule has 0 saturated heterocycles. The van der Waals surface area contributed by atoms with E-state index in [1.54, 1.807) is 6.92 Å². The fraction of sp³-hybridized carbons (Fsp3) is 0.632. The standard InChI is InChI=1S/C19H32O4Si/c1-8-15-11-12-16(19(4,5)23-24(6,7)10-3)17(13-15)22-14-18(20)21-9-2/h11-13H,8-10,14H2,1-7H3. The number of carbonyl (C=O) groups excluding carboxylic acids is 1. The lowest BCUT2D eigenvalue weighted by atomic mass is 9.95. The molecule has 4 nitrogen and oxygen atoms in total. The van der Waals surface area contributed by atoms with E-state index in [0.717, 1.165) is 18.0 Å². The van der Waals surface area contributed by atoms with Crippen molar-refractivity contribution in [2.75, 3.05) is 13.2 Å². The van der Waals surface area contributed by atoms with Gasteiger partial charge >= 0.3 is 5.97 Å².